The fraction of sp³-hybridized carbons (Fsp3) is 0.167. The number of sulfonamides is 1. The lowest BCUT2D eigenvalue weighted by Gasteiger charge is -2.35. The molecular weight excluding hydrogens is 484 g/mol. The van der Waals surface area contributed by atoms with Gasteiger partial charge in [0.2, 0.25) is 0 Å². The monoisotopic (exact) mass is 512 g/mol. The Labute approximate surface area is 217 Å². The third kappa shape index (κ3) is 5.08. The van der Waals surface area contributed by atoms with E-state index in [9.17, 15) is 13.2 Å². The number of para-hydroxylation sites is 2. The Morgan fingerprint density at radius 2 is 1.38 bits per heavy atom. The van der Waals surface area contributed by atoms with Crippen molar-refractivity contribution in [2.45, 2.75) is 30.9 Å². The number of hydrogen-bond acceptors (Lipinski definition) is 4. The number of anilines is 1. The van der Waals surface area contributed by atoms with Crippen molar-refractivity contribution in [2.24, 2.45) is 0 Å². The Balaban J connectivity index is 1.47. The number of aryl methyl sites for hydroxylation is 2. The van der Waals surface area contributed by atoms with Gasteiger partial charge >= 0.3 is 0 Å². The molecule has 1 amide bonds. The van der Waals surface area contributed by atoms with Crippen LogP contribution < -0.4 is 14.4 Å². The van der Waals surface area contributed by atoms with Crippen LogP contribution in [0.4, 0.5) is 5.69 Å². The molecule has 1 aliphatic heterocycles. The average molecular weight is 513 g/mol. The fourth-order valence-electron chi connectivity index (χ4n) is 4.40. The van der Waals surface area contributed by atoms with E-state index in [1.807, 2.05) is 68.4 Å². The number of carbonyl (C=O) groups is 1. The zero-order chi connectivity index (χ0) is 26.0. The number of carbonyl (C=O) groups excluding carboxylic acids is 1. The normalized spacial score (nSPS) is 15.8. The number of nitrogens with one attached hydrogen (secondary N) is 1. The first-order chi connectivity index (χ1) is 17.8. The van der Waals surface area contributed by atoms with Crippen LogP contribution in [0.2, 0.25) is 0 Å². The highest BCUT2D eigenvalue weighted by Gasteiger charge is 2.38. The first-order valence-corrected chi connectivity index (χ1v) is 13.5. The molecule has 37 heavy (non-hydrogen) atoms. The van der Waals surface area contributed by atoms with Gasteiger partial charge < -0.3 is 10.1 Å². The summed E-state index contributed by atoms with van der Waals surface area (Å²) < 4.78 is 34.6. The van der Waals surface area contributed by atoms with Gasteiger partial charge in [-0.25, -0.2) is 8.42 Å². The molecule has 0 saturated heterocycles. The first kappa shape index (κ1) is 24.6. The zero-order valence-electron chi connectivity index (χ0n) is 20.7. The predicted molar refractivity (Wildman–Crippen MR) is 144 cm³/mol. The van der Waals surface area contributed by atoms with E-state index in [1.54, 1.807) is 48.5 Å². The van der Waals surface area contributed by atoms with Gasteiger partial charge in [0.25, 0.3) is 15.9 Å². The summed E-state index contributed by atoms with van der Waals surface area (Å²) in [5.41, 5.74) is 4.32. The van der Waals surface area contributed by atoms with Crippen molar-refractivity contribution in [3.63, 3.8) is 0 Å². The van der Waals surface area contributed by atoms with E-state index in [0.717, 1.165) is 22.3 Å². The Hall–Kier alpha value is -4.10. The molecule has 5 rings (SSSR count). The summed E-state index contributed by atoms with van der Waals surface area (Å²) in [7, 11) is -3.92. The molecule has 4 aromatic carbocycles. The van der Waals surface area contributed by atoms with Crippen LogP contribution in [-0.2, 0) is 14.8 Å². The molecular formula is C30H28N2O4S. The smallest absolute Gasteiger partial charge is 0.264 e. The molecule has 0 saturated carbocycles. The van der Waals surface area contributed by atoms with Crippen molar-refractivity contribution in [3.05, 3.63) is 125 Å². The lowest BCUT2D eigenvalue weighted by Crippen LogP contribution is -2.51. The molecule has 7 heteroatoms. The molecule has 0 bridgehead atoms. The molecule has 0 spiro atoms. The summed E-state index contributed by atoms with van der Waals surface area (Å²) >= 11 is 0. The van der Waals surface area contributed by atoms with Crippen molar-refractivity contribution in [2.75, 3.05) is 10.8 Å². The minimum absolute atomic E-state index is 0.144. The number of fused-ring (bicyclic) bond motifs is 1. The minimum atomic E-state index is -3.92. The van der Waals surface area contributed by atoms with Crippen molar-refractivity contribution in [1.29, 1.82) is 0 Å². The molecule has 2 atom stereocenters. The van der Waals surface area contributed by atoms with Gasteiger partial charge in [0.05, 0.1) is 23.2 Å². The molecule has 1 N–H and O–H groups in total. The van der Waals surface area contributed by atoms with Crippen molar-refractivity contribution in [1.82, 2.24) is 5.32 Å². The van der Waals surface area contributed by atoms with E-state index >= 15 is 0 Å². The van der Waals surface area contributed by atoms with Gasteiger partial charge in [-0.15, -0.1) is 0 Å². The maximum absolute atomic E-state index is 13.7. The lowest BCUT2D eigenvalue weighted by molar-refractivity contribution is -0.128. The molecule has 1 aliphatic rings. The summed E-state index contributed by atoms with van der Waals surface area (Å²) in [4.78, 5) is 13.8. The number of rotatable bonds is 6. The van der Waals surface area contributed by atoms with E-state index in [4.69, 9.17) is 4.74 Å². The van der Waals surface area contributed by atoms with Crippen LogP contribution in [0, 0.1) is 13.8 Å². The third-order valence-electron chi connectivity index (χ3n) is 6.47. The second-order valence-corrected chi connectivity index (χ2v) is 11.0. The van der Waals surface area contributed by atoms with Gasteiger partial charge in [0.1, 0.15) is 5.75 Å². The van der Waals surface area contributed by atoms with Crippen LogP contribution in [0.1, 0.15) is 28.3 Å². The Morgan fingerprint density at radius 1 is 0.811 bits per heavy atom. The highest BCUT2D eigenvalue weighted by molar-refractivity contribution is 7.92. The van der Waals surface area contributed by atoms with E-state index in [1.165, 1.54) is 4.31 Å². The summed E-state index contributed by atoms with van der Waals surface area (Å²) in [5.74, 6) is -0.0516. The highest BCUT2D eigenvalue weighted by atomic mass is 32.2. The molecule has 0 fully saturated rings. The Kier molecular flexibility index (Phi) is 6.72. The highest BCUT2D eigenvalue weighted by Crippen LogP contribution is 2.37. The van der Waals surface area contributed by atoms with E-state index in [-0.39, 0.29) is 11.4 Å². The maximum atomic E-state index is 13.7. The topological polar surface area (TPSA) is 75.7 Å². The predicted octanol–water partition coefficient (Wildman–Crippen LogP) is 5.17. The lowest BCUT2D eigenvalue weighted by atomic mass is 9.97. The minimum Gasteiger partial charge on any atom is -0.476 e. The quantitative estimate of drug-likeness (QED) is 0.387. The van der Waals surface area contributed by atoms with Gasteiger partial charge in [0, 0.05) is 0 Å². The Bertz CT molecular complexity index is 1500. The average Bonchev–Trinajstić information content (AvgIpc) is 2.92. The summed E-state index contributed by atoms with van der Waals surface area (Å²) in [6.07, 6.45) is -1.04. The van der Waals surface area contributed by atoms with Gasteiger partial charge in [0.15, 0.2) is 6.10 Å². The Morgan fingerprint density at radius 3 is 2.05 bits per heavy atom. The molecule has 188 valence electrons. The number of nitrogens with zero attached hydrogens (tertiary/aromatic N) is 1. The SMILES string of the molecule is Cc1ccc([C@H](NC(=O)[C@H]2CN(S(=O)(=O)c3ccc(C)cc3)c3ccccc3O2)c2ccccc2)cc1. The van der Waals surface area contributed by atoms with Crippen molar-refractivity contribution in [3.8, 4) is 5.75 Å². The number of benzene rings is 4. The van der Waals surface area contributed by atoms with Gasteiger partial charge in [-0.05, 0) is 49.2 Å². The molecule has 4 aromatic rings. The second kappa shape index (κ2) is 10.1. The van der Waals surface area contributed by atoms with Crippen LogP contribution in [-0.4, -0.2) is 27.0 Å². The van der Waals surface area contributed by atoms with Crippen LogP contribution in [0.25, 0.3) is 0 Å². The van der Waals surface area contributed by atoms with Crippen molar-refractivity contribution >= 4 is 21.6 Å². The van der Waals surface area contributed by atoms with Crippen LogP contribution in [0.15, 0.2) is 108 Å². The van der Waals surface area contributed by atoms with Crippen molar-refractivity contribution < 1.29 is 17.9 Å². The van der Waals surface area contributed by atoms with Crippen LogP contribution in [0.5, 0.6) is 5.75 Å². The summed E-state index contributed by atoms with van der Waals surface area (Å²) in [5, 5.41) is 3.10. The molecule has 0 aliphatic carbocycles. The van der Waals surface area contributed by atoms with Crippen LogP contribution >= 0.6 is 0 Å². The van der Waals surface area contributed by atoms with E-state index in [0.29, 0.717) is 11.4 Å². The first-order valence-electron chi connectivity index (χ1n) is 12.1. The van der Waals surface area contributed by atoms with Crippen LogP contribution in [0.3, 0.4) is 0 Å². The molecule has 0 aromatic heterocycles. The molecule has 6 nitrogen and oxygen atoms in total. The zero-order valence-corrected chi connectivity index (χ0v) is 21.5. The number of ether oxygens (including phenoxy) is 1. The molecule has 0 unspecified atom stereocenters. The number of amides is 1. The largest absolute Gasteiger partial charge is 0.476 e. The number of hydrogen-bond donors (Lipinski definition) is 1. The summed E-state index contributed by atoms with van der Waals surface area (Å²) in [6, 6.07) is 30.8. The van der Waals surface area contributed by atoms with Gasteiger partial charge in [-0.3, -0.25) is 9.10 Å². The molecule has 1 heterocycles. The second-order valence-electron chi connectivity index (χ2n) is 9.19. The van der Waals surface area contributed by atoms with Gasteiger partial charge in [-0.1, -0.05) is 90.0 Å². The van der Waals surface area contributed by atoms with E-state index in [2.05, 4.69) is 5.32 Å². The fourth-order valence-corrected chi connectivity index (χ4v) is 5.88. The standard InChI is InChI=1S/C30H28N2O4S/c1-21-12-16-24(17-13-21)29(23-8-4-3-5-9-23)31-30(33)28-20-32(26-10-6-7-11-27(26)36-28)37(34,35)25-18-14-22(2)15-19-25/h3-19,28-29H,20H2,1-2H3,(H,31,33)/t28-,29-/m1/s1. The summed E-state index contributed by atoms with van der Waals surface area (Å²) in [6.45, 7) is 3.77. The molecule has 0 radical (unpaired) electrons. The maximum Gasteiger partial charge on any atom is 0.264 e. The third-order valence-corrected chi connectivity index (χ3v) is 8.26. The van der Waals surface area contributed by atoms with Gasteiger partial charge in [-0.2, -0.15) is 0 Å². The van der Waals surface area contributed by atoms with E-state index < -0.39 is 28.1 Å².